The number of anilines is 2. The minimum atomic E-state index is 0.698. The van der Waals surface area contributed by atoms with Crippen LogP contribution in [0.15, 0.2) is 48.5 Å². The van der Waals surface area contributed by atoms with E-state index in [1.807, 2.05) is 24.1 Å². The van der Waals surface area contributed by atoms with E-state index in [4.69, 9.17) is 12.2 Å². The van der Waals surface area contributed by atoms with Crippen molar-refractivity contribution >= 4 is 28.7 Å². The average Bonchev–Trinajstić information content (AvgIpc) is 2.46. The first-order valence-corrected chi connectivity index (χ1v) is 7.21. The largest absolute Gasteiger partial charge is 0.332 e. The van der Waals surface area contributed by atoms with Crippen molar-refractivity contribution in [3.63, 3.8) is 0 Å². The van der Waals surface area contributed by atoms with E-state index in [0.29, 0.717) is 5.11 Å². The molecular formula is C17H20N2S. The molecule has 0 fully saturated rings. The number of aryl methyl sites for hydroxylation is 2. The molecule has 0 saturated carbocycles. The number of hydrogen-bond donors (Lipinski definition) is 1. The molecule has 2 rings (SSSR count). The number of hydrogen-bond acceptors (Lipinski definition) is 1. The summed E-state index contributed by atoms with van der Waals surface area (Å²) in [7, 11) is 1.98. The summed E-state index contributed by atoms with van der Waals surface area (Å²) < 4.78 is 0. The molecule has 0 bridgehead atoms. The van der Waals surface area contributed by atoms with Gasteiger partial charge < -0.3 is 10.2 Å². The minimum absolute atomic E-state index is 0.698. The van der Waals surface area contributed by atoms with Crippen molar-refractivity contribution in [3.8, 4) is 0 Å². The van der Waals surface area contributed by atoms with E-state index in [9.17, 15) is 0 Å². The second-order valence-electron chi connectivity index (χ2n) is 4.88. The highest BCUT2D eigenvalue weighted by atomic mass is 32.1. The van der Waals surface area contributed by atoms with E-state index in [1.54, 1.807) is 0 Å². The molecule has 2 nitrogen and oxygen atoms in total. The summed E-state index contributed by atoms with van der Waals surface area (Å²) in [5, 5.41) is 3.99. The van der Waals surface area contributed by atoms with E-state index >= 15 is 0 Å². The van der Waals surface area contributed by atoms with Gasteiger partial charge in [-0.3, -0.25) is 0 Å². The fraction of sp³-hybridized carbons (Fsp3) is 0.235. The van der Waals surface area contributed by atoms with E-state index in [1.165, 1.54) is 11.1 Å². The lowest BCUT2D eigenvalue weighted by Crippen LogP contribution is -2.30. The van der Waals surface area contributed by atoms with Crippen LogP contribution in [0.25, 0.3) is 0 Å². The molecule has 0 aliphatic heterocycles. The van der Waals surface area contributed by atoms with Crippen molar-refractivity contribution in [2.45, 2.75) is 20.3 Å². The average molecular weight is 284 g/mol. The lowest BCUT2D eigenvalue weighted by molar-refractivity contribution is 1.14. The van der Waals surface area contributed by atoms with Gasteiger partial charge in [0.1, 0.15) is 0 Å². The molecule has 0 unspecified atom stereocenters. The molecule has 0 aromatic heterocycles. The predicted octanol–water partition coefficient (Wildman–Crippen LogP) is 4.39. The van der Waals surface area contributed by atoms with Gasteiger partial charge in [0, 0.05) is 18.4 Å². The molecule has 2 aromatic carbocycles. The first-order chi connectivity index (χ1) is 9.60. The van der Waals surface area contributed by atoms with Crippen molar-refractivity contribution in [1.82, 2.24) is 0 Å². The normalized spacial score (nSPS) is 10.2. The molecule has 0 radical (unpaired) electrons. The van der Waals surface area contributed by atoms with Crippen LogP contribution in [0, 0.1) is 6.92 Å². The summed E-state index contributed by atoms with van der Waals surface area (Å²) >= 11 is 5.48. The molecule has 20 heavy (non-hydrogen) atoms. The molecular weight excluding hydrogens is 264 g/mol. The standard InChI is InChI=1S/C17H20N2S/c1-4-14-8-6-9-15(12-14)18-17(20)19(3)16-10-5-7-13(2)11-16/h5-12H,4H2,1-3H3,(H,18,20). The molecule has 1 N–H and O–H groups in total. The summed E-state index contributed by atoms with van der Waals surface area (Å²) in [5.41, 5.74) is 4.66. The lowest BCUT2D eigenvalue weighted by atomic mass is 10.1. The Morgan fingerprint density at radius 2 is 1.90 bits per heavy atom. The van der Waals surface area contributed by atoms with E-state index in [-0.39, 0.29) is 0 Å². The smallest absolute Gasteiger partial charge is 0.177 e. The van der Waals surface area contributed by atoms with Gasteiger partial charge in [-0.25, -0.2) is 0 Å². The van der Waals surface area contributed by atoms with Crippen molar-refractivity contribution < 1.29 is 0 Å². The topological polar surface area (TPSA) is 15.3 Å². The number of rotatable bonds is 3. The molecule has 104 valence electrons. The summed E-state index contributed by atoms with van der Waals surface area (Å²) in [6.07, 6.45) is 1.02. The van der Waals surface area contributed by atoms with Crippen molar-refractivity contribution in [2.75, 3.05) is 17.3 Å². The number of benzene rings is 2. The van der Waals surface area contributed by atoms with Crippen molar-refractivity contribution in [2.24, 2.45) is 0 Å². The van der Waals surface area contributed by atoms with Crippen LogP contribution >= 0.6 is 12.2 Å². The second kappa shape index (κ2) is 6.53. The van der Waals surface area contributed by atoms with Gasteiger partial charge in [0.25, 0.3) is 0 Å². The molecule has 0 amide bonds. The third-order valence-corrected chi connectivity index (χ3v) is 3.66. The molecule has 0 aliphatic rings. The van der Waals surface area contributed by atoms with Crippen LogP contribution in [0.5, 0.6) is 0 Å². The molecule has 0 aliphatic carbocycles. The predicted molar refractivity (Wildman–Crippen MR) is 91.6 cm³/mol. The van der Waals surface area contributed by atoms with E-state index < -0.39 is 0 Å². The zero-order valence-electron chi connectivity index (χ0n) is 12.2. The van der Waals surface area contributed by atoms with Crippen molar-refractivity contribution in [3.05, 3.63) is 59.7 Å². The monoisotopic (exact) mass is 284 g/mol. The van der Waals surface area contributed by atoms with Gasteiger partial charge in [0.05, 0.1) is 0 Å². The summed E-state index contributed by atoms with van der Waals surface area (Å²) in [4.78, 5) is 1.99. The Labute approximate surface area is 126 Å². The Hall–Kier alpha value is -1.87. The Kier molecular flexibility index (Phi) is 4.74. The third kappa shape index (κ3) is 3.58. The summed E-state index contributed by atoms with van der Waals surface area (Å²) in [6.45, 7) is 4.23. The first kappa shape index (κ1) is 14.5. The molecule has 0 spiro atoms. The summed E-state index contributed by atoms with van der Waals surface area (Å²) in [6, 6.07) is 16.7. The van der Waals surface area contributed by atoms with Gasteiger partial charge in [0.2, 0.25) is 0 Å². The third-order valence-electron chi connectivity index (χ3n) is 3.28. The second-order valence-corrected chi connectivity index (χ2v) is 5.27. The molecule has 2 aromatic rings. The van der Waals surface area contributed by atoms with E-state index in [0.717, 1.165) is 17.8 Å². The zero-order valence-corrected chi connectivity index (χ0v) is 13.0. The maximum absolute atomic E-state index is 5.48. The van der Waals surface area contributed by atoms with Gasteiger partial charge in [0.15, 0.2) is 5.11 Å². The number of thiocarbonyl (C=S) groups is 1. The van der Waals surface area contributed by atoms with Gasteiger partial charge in [-0.15, -0.1) is 0 Å². The first-order valence-electron chi connectivity index (χ1n) is 6.80. The van der Waals surface area contributed by atoms with Crippen LogP contribution in [0.1, 0.15) is 18.1 Å². The Morgan fingerprint density at radius 1 is 1.15 bits per heavy atom. The fourth-order valence-electron chi connectivity index (χ4n) is 2.03. The number of nitrogens with zero attached hydrogens (tertiary/aromatic N) is 1. The van der Waals surface area contributed by atoms with Crippen LogP contribution < -0.4 is 10.2 Å². The van der Waals surface area contributed by atoms with Crippen LogP contribution in [-0.2, 0) is 6.42 Å². The maximum atomic E-state index is 5.48. The van der Waals surface area contributed by atoms with Gasteiger partial charge in [-0.1, -0.05) is 31.2 Å². The maximum Gasteiger partial charge on any atom is 0.177 e. The van der Waals surface area contributed by atoms with Gasteiger partial charge >= 0.3 is 0 Å². The molecule has 0 saturated heterocycles. The minimum Gasteiger partial charge on any atom is -0.332 e. The highest BCUT2D eigenvalue weighted by Crippen LogP contribution is 2.17. The fourth-order valence-corrected chi connectivity index (χ4v) is 2.25. The van der Waals surface area contributed by atoms with Gasteiger partial charge in [-0.05, 0) is 61.0 Å². The molecule has 0 atom stereocenters. The molecule has 0 heterocycles. The number of nitrogens with one attached hydrogen (secondary N) is 1. The SMILES string of the molecule is CCc1cccc(NC(=S)N(C)c2cccc(C)c2)c1. The Morgan fingerprint density at radius 3 is 2.60 bits per heavy atom. The Balaban J connectivity index is 2.11. The molecule has 3 heteroatoms. The quantitative estimate of drug-likeness (QED) is 0.842. The highest BCUT2D eigenvalue weighted by molar-refractivity contribution is 7.80. The zero-order chi connectivity index (χ0) is 14.5. The lowest BCUT2D eigenvalue weighted by Gasteiger charge is -2.21. The van der Waals surface area contributed by atoms with Crippen LogP contribution in [-0.4, -0.2) is 12.2 Å². The van der Waals surface area contributed by atoms with E-state index in [2.05, 4.69) is 55.6 Å². The van der Waals surface area contributed by atoms with Crippen LogP contribution in [0.3, 0.4) is 0 Å². The van der Waals surface area contributed by atoms with Crippen LogP contribution in [0.2, 0.25) is 0 Å². The summed E-state index contributed by atoms with van der Waals surface area (Å²) in [5.74, 6) is 0. The van der Waals surface area contributed by atoms with Crippen LogP contribution in [0.4, 0.5) is 11.4 Å². The Bertz CT molecular complexity index is 607. The highest BCUT2D eigenvalue weighted by Gasteiger charge is 2.07. The van der Waals surface area contributed by atoms with Crippen molar-refractivity contribution in [1.29, 1.82) is 0 Å². The van der Waals surface area contributed by atoms with Gasteiger partial charge in [-0.2, -0.15) is 0 Å².